The summed E-state index contributed by atoms with van der Waals surface area (Å²) in [5.74, 6) is 0.740. The maximum Gasteiger partial charge on any atom is 0.0854 e. The summed E-state index contributed by atoms with van der Waals surface area (Å²) < 4.78 is 6.04. The highest BCUT2D eigenvalue weighted by molar-refractivity contribution is 5.37. The standard InChI is InChI=1S/C30H40O3/c1-21-4-7-25(29-19-27(32)18-28(20-31)33-29)17-26(21)16-22-5-8-23(9-6-22)24-10-14-30(15-11-24)12-2-3-13-30/h4-9,17,24,27-29,31-32H,2-3,10-16,18-20H2,1H3/t27?,28?,29-/m0/s1. The molecule has 3 nitrogen and oxygen atoms in total. The Bertz CT molecular complexity index is 918. The third-order valence-electron chi connectivity index (χ3n) is 8.88. The second-order valence-electron chi connectivity index (χ2n) is 11.1. The van der Waals surface area contributed by atoms with Crippen molar-refractivity contribution in [2.75, 3.05) is 6.61 Å². The van der Waals surface area contributed by atoms with Gasteiger partial charge in [0.15, 0.2) is 0 Å². The molecule has 5 rings (SSSR count). The maximum atomic E-state index is 10.2. The van der Waals surface area contributed by atoms with E-state index in [2.05, 4.69) is 49.4 Å². The molecule has 2 aliphatic carbocycles. The van der Waals surface area contributed by atoms with Crippen LogP contribution in [0.1, 0.15) is 104 Å². The second-order valence-corrected chi connectivity index (χ2v) is 11.1. The first kappa shape index (κ1) is 23.1. The summed E-state index contributed by atoms with van der Waals surface area (Å²) >= 11 is 0. The average molecular weight is 449 g/mol. The molecule has 2 N–H and O–H groups in total. The van der Waals surface area contributed by atoms with Crippen LogP contribution in [-0.2, 0) is 11.2 Å². The maximum absolute atomic E-state index is 10.2. The van der Waals surface area contributed by atoms with Gasteiger partial charge in [-0.05, 0) is 91.0 Å². The number of aliphatic hydroxyl groups excluding tert-OH is 2. The molecule has 0 amide bonds. The lowest BCUT2D eigenvalue weighted by atomic mass is 9.68. The molecule has 2 saturated carbocycles. The summed E-state index contributed by atoms with van der Waals surface area (Å²) in [5, 5.41) is 19.7. The molecule has 3 heteroatoms. The van der Waals surface area contributed by atoms with Gasteiger partial charge in [-0.15, -0.1) is 0 Å². The summed E-state index contributed by atoms with van der Waals surface area (Å²) in [6, 6.07) is 15.9. The largest absolute Gasteiger partial charge is 0.394 e. The van der Waals surface area contributed by atoms with E-state index in [-0.39, 0.29) is 18.8 Å². The Morgan fingerprint density at radius 3 is 2.30 bits per heavy atom. The van der Waals surface area contributed by atoms with E-state index in [1.807, 2.05) is 0 Å². The van der Waals surface area contributed by atoms with Crippen LogP contribution in [0.5, 0.6) is 0 Å². The van der Waals surface area contributed by atoms with Gasteiger partial charge in [-0.3, -0.25) is 0 Å². The lowest BCUT2D eigenvalue weighted by molar-refractivity contribution is -0.113. The summed E-state index contributed by atoms with van der Waals surface area (Å²) in [4.78, 5) is 0. The molecule has 2 unspecified atom stereocenters. The van der Waals surface area contributed by atoms with Gasteiger partial charge in [-0.25, -0.2) is 0 Å². The Labute approximate surface area is 199 Å². The SMILES string of the molecule is Cc1ccc([C@@H]2CC(O)CC(CO)O2)cc1Cc1ccc(C2CCC3(CCCC3)CC2)cc1. The highest BCUT2D eigenvalue weighted by Crippen LogP contribution is 2.52. The summed E-state index contributed by atoms with van der Waals surface area (Å²) in [6.07, 6.45) is 12.6. The number of aliphatic hydroxyl groups is 2. The van der Waals surface area contributed by atoms with Crippen LogP contribution in [0.4, 0.5) is 0 Å². The van der Waals surface area contributed by atoms with E-state index in [0.717, 1.165) is 17.9 Å². The van der Waals surface area contributed by atoms with Crippen molar-refractivity contribution < 1.29 is 14.9 Å². The lowest BCUT2D eigenvalue weighted by Gasteiger charge is -2.37. The van der Waals surface area contributed by atoms with Crippen molar-refractivity contribution in [3.05, 3.63) is 70.3 Å². The molecule has 3 atom stereocenters. The first-order chi connectivity index (χ1) is 16.0. The fraction of sp³-hybridized carbons (Fsp3) is 0.600. The van der Waals surface area contributed by atoms with Crippen molar-refractivity contribution in [2.24, 2.45) is 5.41 Å². The first-order valence-corrected chi connectivity index (χ1v) is 13.2. The molecular weight excluding hydrogens is 408 g/mol. The minimum Gasteiger partial charge on any atom is -0.394 e. The van der Waals surface area contributed by atoms with Crippen molar-refractivity contribution in [1.82, 2.24) is 0 Å². The topological polar surface area (TPSA) is 49.7 Å². The molecule has 1 spiro atoms. The molecular formula is C30H40O3. The molecule has 178 valence electrons. The summed E-state index contributed by atoms with van der Waals surface area (Å²) in [6.45, 7) is 2.13. The van der Waals surface area contributed by atoms with Gasteiger partial charge >= 0.3 is 0 Å². The number of benzene rings is 2. The van der Waals surface area contributed by atoms with Crippen molar-refractivity contribution in [3.8, 4) is 0 Å². The fourth-order valence-corrected chi connectivity index (χ4v) is 6.72. The van der Waals surface area contributed by atoms with Crippen LogP contribution >= 0.6 is 0 Å². The van der Waals surface area contributed by atoms with Crippen LogP contribution in [0.25, 0.3) is 0 Å². The molecule has 2 aromatic carbocycles. The van der Waals surface area contributed by atoms with Gasteiger partial charge in [0.1, 0.15) is 0 Å². The highest BCUT2D eigenvalue weighted by Gasteiger charge is 2.37. The van der Waals surface area contributed by atoms with Crippen LogP contribution in [0.3, 0.4) is 0 Å². The van der Waals surface area contributed by atoms with E-state index in [9.17, 15) is 10.2 Å². The summed E-state index contributed by atoms with van der Waals surface area (Å²) in [5.41, 5.74) is 7.27. The predicted molar refractivity (Wildman–Crippen MR) is 132 cm³/mol. The number of hydrogen-bond acceptors (Lipinski definition) is 3. The molecule has 0 bridgehead atoms. The van der Waals surface area contributed by atoms with Gasteiger partial charge in [0.2, 0.25) is 0 Å². The molecule has 1 saturated heterocycles. The van der Waals surface area contributed by atoms with E-state index in [1.165, 1.54) is 73.6 Å². The number of rotatable bonds is 5. The van der Waals surface area contributed by atoms with Gasteiger partial charge in [0.05, 0.1) is 24.9 Å². The van der Waals surface area contributed by atoms with Crippen molar-refractivity contribution in [1.29, 1.82) is 0 Å². The number of aryl methyl sites for hydroxylation is 1. The highest BCUT2D eigenvalue weighted by atomic mass is 16.5. The molecule has 0 radical (unpaired) electrons. The first-order valence-electron chi connectivity index (χ1n) is 13.2. The van der Waals surface area contributed by atoms with Crippen LogP contribution in [-0.4, -0.2) is 29.0 Å². The Kier molecular flexibility index (Phi) is 6.92. The van der Waals surface area contributed by atoms with Gasteiger partial charge in [-0.1, -0.05) is 55.3 Å². The van der Waals surface area contributed by atoms with Gasteiger partial charge < -0.3 is 14.9 Å². The third kappa shape index (κ3) is 5.21. The molecule has 33 heavy (non-hydrogen) atoms. The zero-order valence-corrected chi connectivity index (χ0v) is 20.1. The molecule has 0 aromatic heterocycles. The van der Waals surface area contributed by atoms with Crippen molar-refractivity contribution in [3.63, 3.8) is 0 Å². The predicted octanol–water partition coefficient (Wildman–Crippen LogP) is 6.38. The molecule has 2 aromatic rings. The van der Waals surface area contributed by atoms with E-state index in [4.69, 9.17) is 4.74 Å². The van der Waals surface area contributed by atoms with Crippen molar-refractivity contribution in [2.45, 2.75) is 102 Å². The number of ether oxygens (including phenoxy) is 1. The smallest absolute Gasteiger partial charge is 0.0854 e. The van der Waals surface area contributed by atoms with E-state index < -0.39 is 6.10 Å². The minimum atomic E-state index is -0.415. The molecule has 1 heterocycles. The summed E-state index contributed by atoms with van der Waals surface area (Å²) in [7, 11) is 0. The van der Waals surface area contributed by atoms with Gasteiger partial charge in [0, 0.05) is 12.8 Å². The van der Waals surface area contributed by atoms with Crippen LogP contribution in [0.2, 0.25) is 0 Å². The monoisotopic (exact) mass is 448 g/mol. The van der Waals surface area contributed by atoms with Crippen molar-refractivity contribution >= 4 is 0 Å². The fourth-order valence-electron chi connectivity index (χ4n) is 6.72. The normalized spacial score (nSPS) is 27.8. The van der Waals surface area contributed by atoms with E-state index in [1.54, 1.807) is 0 Å². The van der Waals surface area contributed by atoms with E-state index in [0.29, 0.717) is 18.3 Å². The quantitative estimate of drug-likeness (QED) is 0.558. The Balaban J connectivity index is 1.24. The molecule has 3 fully saturated rings. The molecule has 3 aliphatic rings. The zero-order valence-electron chi connectivity index (χ0n) is 20.1. The number of hydrogen-bond donors (Lipinski definition) is 2. The molecule has 1 aliphatic heterocycles. The van der Waals surface area contributed by atoms with Crippen LogP contribution < -0.4 is 0 Å². The zero-order chi connectivity index (χ0) is 22.8. The Hall–Kier alpha value is -1.68. The van der Waals surface area contributed by atoms with Crippen LogP contribution in [0, 0.1) is 12.3 Å². The average Bonchev–Trinajstić information content (AvgIpc) is 3.29. The Morgan fingerprint density at radius 1 is 0.909 bits per heavy atom. The third-order valence-corrected chi connectivity index (χ3v) is 8.88. The minimum absolute atomic E-state index is 0.0411. The van der Waals surface area contributed by atoms with E-state index >= 15 is 0 Å². The van der Waals surface area contributed by atoms with Gasteiger partial charge in [-0.2, -0.15) is 0 Å². The second kappa shape index (κ2) is 9.90. The Morgan fingerprint density at radius 2 is 1.61 bits per heavy atom. The van der Waals surface area contributed by atoms with Gasteiger partial charge in [0.25, 0.3) is 0 Å². The van der Waals surface area contributed by atoms with Crippen LogP contribution in [0.15, 0.2) is 42.5 Å². The lowest BCUT2D eigenvalue weighted by Crippen LogP contribution is -2.33.